The van der Waals surface area contributed by atoms with Gasteiger partial charge in [-0.05, 0) is 68.1 Å². The highest BCUT2D eigenvalue weighted by Crippen LogP contribution is 2.20. The Balaban J connectivity index is 2.30. The summed E-state index contributed by atoms with van der Waals surface area (Å²) < 4.78 is 0. The molecule has 0 heterocycles. The minimum atomic E-state index is 0.142. The van der Waals surface area contributed by atoms with Crippen LogP contribution >= 0.6 is 0 Å². The fourth-order valence-electron chi connectivity index (χ4n) is 2.60. The molecule has 2 N–H and O–H groups in total. The lowest BCUT2D eigenvalue weighted by atomic mass is 9.93. The van der Waals surface area contributed by atoms with Gasteiger partial charge in [-0.3, -0.25) is 4.79 Å². The van der Waals surface area contributed by atoms with E-state index >= 15 is 0 Å². The van der Waals surface area contributed by atoms with Crippen LogP contribution in [0.3, 0.4) is 0 Å². The Morgan fingerprint density at radius 2 is 1.55 bits per heavy atom. The molecule has 2 rings (SSSR count). The molecule has 0 radical (unpaired) electrons. The molecule has 0 spiro atoms. The van der Waals surface area contributed by atoms with Gasteiger partial charge in [-0.15, -0.1) is 0 Å². The number of rotatable bonds is 3. The number of anilines is 1. The maximum Gasteiger partial charge on any atom is 0.167 e. The molecule has 0 unspecified atom stereocenters. The summed E-state index contributed by atoms with van der Waals surface area (Å²) in [7, 11) is 0. The van der Waals surface area contributed by atoms with Gasteiger partial charge in [0.15, 0.2) is 5.78 Å². The predicted molar refractivity (Wildman–Crippen MR) is 84.3 cm³/mol. The molecule has 0 saturated heterocycles. The van der Waals surface area contributed by atoms with Gasteiger partial charge in [-0.1, -0.05) is 17.7 Å². The lowest BCUT2D eigenvalue weighted by molar-refractivity contribution is 0.0992. The van der Waals surface area contributed by atoms with Gasteiger partial charge in [-0.25, -0.2) is 0 Å². The van der Waals surface area contributed by atoms with Crippen molar-refractivity contribution in [2.45, 2.75) is 34.1 Å². The highest BCUT2D eigenvalue weighted by molar-refractivity contribution is 5.98. The number of Topliss-reactive ketones (excluding diaryl/α,β-unsaturated/α-hetero) is 1. The van der Waals surface area contributed by atoms with Crippen LogP contribution in [0, 0.1) is 27.7 Å². The molecule has 2 heteroatoms. The summed E-state index contributed by atoms with van der Waals surface area (Å²) in [5.74, 6) is 0.142. The first kappa shape index (κ1) is 14.3. The monoisotopic (exact) mass is 267 g/mol. The van der Waals surface area contributed by atoms with Crippen LogP contribution in [0.4, 0.5) is 5.69 Å². The Morgan fingerprint density at radius 3 is 2.10 bits per heavy atom. The molecule has 0 bridgehead atoms. The van der Waals surface area contributed by atoms with Crippen molar-refractivity contribution in [1.82, 2.24) is 0 Å². The molecular weight excluding hydrogens is 246 g/mol. The molecule has 0 aliphatic carbocycles. The van der Waals surface area contributed by atoms with Gasteiger partial charge in [0.1, 0.15) is 0 Å². The van der Waals surface area contributed by atoms with Gasteiger partial charge >= 0.3 is 0 Å². The first-order valence-electron chi connectivity index (χ1n) is 6.84. The standard InChI is InChI=1S/C18H21NO/c1-11-7-12(2)16(13(3)8-11)10-18(20)15-5-6-17(19)14(4)9-15/h5-9H,10,19H2,1-4H3. The van der Waals surface area contributed by atoms with E-state index in [1.807, 2.05) is 19.1 Å². The fourth-order valence-corrected chi connectivity index (χ4v) is 2.60. The minimum Gasteiger partial charge on any atom is -0.399 e. The van der Waals surface area contributed by atoms with Crippen molar-refractivity contribution < 1.29 is 4.79 Å². The number of nitrogens with two attached hydrogens (primary N) is 1. The molecule has 0 aromatic heterocycles. The van der Waals surface area contributed by atoms with Gasteiger partial charge in [0.25, 0.3) is 0 Å². The van der Waals surface area contributed by atoms with Crippen molar-refractivity contribution in [2.24, 2.45) is 0 Å². The lowest BCUT2D eigenvalue weighted by Crippen LogP contribution is -2.07. The second-order valence-corrected chi connectivity index (χ2v) is 5.55. The SMILES string of the molecule is Cc1cc(C)c(CC(=O)c2ccc(N)c(C)c2)c(C)c1. The molecule has 104 valence electrons. The van der Waals surface area contributed by atoms with E-state index < -0.39 is 0 Å². The van der Waals surface area contributed by atoms with Crippen molar-refractivity contribution in [3.8, 4) is 0 Å². The Labute approximate surface area is 120 Å². The summed E-state index contributed by atoms with van der Waals surface area (Å²) in [5, 5.41) is 0. The number of ketones is 1. The summed E-state index contributed by atoms with van der Waals surface area (Å²) in [6.07, 6.45) is 0.446. The third kappa shape index (κ3) is 2.90. The average Bonchev–Trinajstić information content (AvgIpc) is 2.36. The molecule has 0 aliphatic rings. The van der Waals surface area contributed by atoms with E-state index in [-0.39, 0.29) is 5.78 Å². The average molecular weight is 267 g/mol. The maximum atomic E-state index is 12.4. The van der Waals surface area contributed by atoms with E-state index in [9.17, 15) is 4.79 Å². The number of hydrogen-bond acceptors (Lipinski definition) is 2. The van der Waals surface area contributed by atoms with Crippen LogP contribution in [-0.2, 0) is 6.42 Å². The fraction of sp³-hybridized carbons (Fsp3) is 0.278. The van der Waals surface area contributed by atoms with E-state index in [1.165, 1.54) is 16.7 Å². The molecule has 0 atom stereocenters. The largest absolute Gasteiger partial charge is 0.399 e. The quantitative estimate of drug-likeness (QED) is 0.676. The van der Waals surface area contributed by atoms with Crippen molar-refractivity contribution in [3.05, 3.63) is 63.7 Å². The summed E-state index contributed by atoms with van der Waals surface area (Å²) in [6, 6.07) is 9.74. The topological polar surface area (TPSA) is 43.1 Å². The van der Waals surface area contributed by atoms with Crippen LogP contribution in [0.25, 0.3) is 0 Å². The van der Waals surface area contributed by atoms with Gasteiger partial charge in [0, 0.05) is 17.7 Å². The zero-order valence-corrected chi connectivity index (χ0v) is 12.6. The molecule has 2 aromatic rings. The van der Waals surface area contributed by atoms with Gasteiger partial charge in [-0.2, -0.15) is 0 Å². The molecule has 0 aliphatic heterocycles. The molecule has 0 saturated carbocycles. The summed E-state index contributed by atoms with van der Waals surface area (Å²) in [6.45, 7) is 8.14. The minimum absolute atomic E-state index is 0.142. The highest BCUT2D eigenvalue weighted by atomic mass is 16.1. The van der Waals surface area contributed by atoms with E-state index in [2.05, 4.69) is 32.9 Å². The van der Waals surface area contributed by atoms with Gasteiger partial charge in [0.05, 0.1) is 0 Å². The first-order valence-corrected chi connectivity index (χ1v) is 6.84. The van der Waals surface area contributed by atoms with Crippen LogP contribution in [-0.4, -0.2) is 5.78 Å². The number of carbonyl (C=O) groups is 1. The van der Waals surface area contributed by atoms with Crippen molar-refractivity contribution in [1.29, 1.82) is 0 Å². The third-order valence-corrected chi connectivity index (χ3v) is 3.77. The predicted octanol–water partition coefficient (Wildman–Crippen LogP) is 3.93. The van der Waals surface area contributed by atoms with E-state index in [0.717, 1.165) is 22.4 Å². The third-order valence-electron chi connectivity index (χ3n) is 3.77. The first-order chi connectivity index (χ1) is 9.38. The van der Waals surface area contributed by atoms with Gasteiger partial charge < -0.3 is 5.73 Å². The molecule has 20 heavy (non-hydrogen) atoms. The van der Waals surface area contributed by atoms with Crippen LogP contribution in [0.5, 0.6) is 0 Å². The molecule has 2 nitrogen and oxygen atoms in total. The number of hydrogen-bond donors (Lipinski definition) is 1. The summed E-state index contributed by atoms with van der Waals surface area (Å²) >= 11 is 0. The smallest absolute Gasteiger partial charge is 0.167 e. The van der Waals surface area contributed by atoms with Crippen LogP contribution in [0.2, 0.25) is 0 Å². The zero-order chi connectivity index (χ0) is 14.9. The summed E-state index contributed by atoms with van der Waals surface area (Å²) in [5.41, 5.74) is 12.9. The van der Waals surface area contributed by atoms with E-state index in [0.29, 0.717) is 6.42 Å². The second kappa shape index (κ2) is 5.49. The lowest BCUT2D eigenvalue weighted by Gasteiger charge is -2.11. The van der Waals surface area contributed by atoms with Gasteiger partial charge in [0.2, 0.25) is 0 Å². The van der Waals surface area contributed by atoms with Crippen molar-refractivity contribution in [3.63, 3.8) is 0 Å². The Kier molecular flexibility index (Phi) is 3.93. The van der Waals surface area contributed by atoms with Crippen LogP contribution < -0.4 is 5.73 Å². The van der Waals surface area contributed by atoms with E-state index in [4.69, 9.17) is 5.73 Å². The number of benzene rings is 2. The number of carbonyl (C=O) groups excluding carboxylic acids is 1. The highest BCUT2D eigenvalue weighted by Gasteiger charge is 2.12. The molecule has 0 amide bonds. The van der Waals surface area contributed by atoms with Crippen LogP contribution in [0.15, 0.2) is 30.3 Å². The number of aryl methyl sites for hydroxylation is 4. The molecule has 2 aromatic carbocycles. The molecule has 0 fully saturated rings. The second-order valence-electron chi connectivity index (χ2n) is 5.55. The Hall–Kier alpha value is -2.09. The van der Waals surface area contributed by atoms with E-state index in [1.54, 1.807) is 6.07 Å². The van der Waals surface area contributed by atoms with Crippen molar-refractivity contribution >= 4 is 11.5 Å². The Bertz CT molecular complexity index is 648. The Morgan fingerprint density at radius 1 is 0.950 bits per heavy atom. The zero-order valence-electron chi connectivity index (χ0n) is 12.6. The van der Waals surface area contributed by atoms with Crippen molar-refractivity contribution in [2.75, 3.05) is 5.73 Å². The van der Waals surface area contributed by atoms with Crippen LogP contribution in [0.1, 0.15) is 38.2 Å². The maximum absolute atomic E-state index is 12.4. The normalized spacial score (nSPS) is 10.6. The summed E-state index contributed by atoms with van der Waals surface area (Å²) in [4.78, 5) is 12.4. The molecular formula is C18H21NO. The number of nitrogen functional groups attached to an aromatic ring is 1.